The third kappa shape index (κ3) is 3.37. The Labute approximate surface area is 131 Å². The number of rotatable bonds is 5. The molecule has 0 atom stereocenters. The summed E-state index contributed by atoms with van der Waals surface area (Å²) in [4.78, 5) is 12.0. The summed E-state index contributed by atoms with van der Waals surface area (Å²) in [6.07, 6.45) is 2.75. The van der Waals surface area contributed by atoms with E-state index in [4.69, 9.17) is 0 Å². The van der Waals surface area contributed by atoms with E-state index in [9.17, 15) is 4.79 Å². The Hall–Kier alpha value is -2.54. The second kappa shape index (κ2) is 6.48. The molecule has 112 valence electrons. The van der Waals surface area contributed by atoms with Crippen molar-refractivity contribution in [1.82, 2.24) is 20.2 Å². The summed E-state index contributed by atoms with van der Waals surface area (Å²) in [5.74, 6) is -0.00211. The Morgan fingerprint density at radius 3 is 3.00 bits per heavy atom. The molecule has 0 aliphatic heterocycles. The van der Waals surface area contributed by atoms with E-state index in [1.807, 2.05) is 36.6 Å². The van der Waals surface area contributed by atoms with Crippen LogP contribution in [0, 0.1) is 6.92 Å². The van der Waals surface area contributed by atoms with E-state index in [1.165, 1.54) is 11.9 Å². The second-order valence-corrected chi connectivity index (χ2v) is 5.72. The van der Waals surface area contributed by atoms with Crippen molar-refractivity contribution in [1.29, 1.82) is 0 Å². The highest BCUT2D eigenvalue weighted by Gasteiger charge is 2.07. The molecule has 22 heavy (non-hydrogen) atoms. The fourth-order valence-corrected chi connectivity index (χ4v) is 2.83. The molecular weight excluding hydrogens is 298 g/mol. The molecule has 0 fully saturated rings. The maximum absolute atomic E-state index is 12.0. The molecule has 0 aliphatic carbocycles. The number of nitrogens with zero attached hydrogens (tertiary/aromatic N) is 4. The molecule has 6 nitrogen and oxygen atoms in total. The summed E-state index contributed by atoms with van der Waals surface area (Å²) in [5.41, 5.74) is 3.81. The highest BCUT2D eigenvalue weighted by molar-refractivity contribution is 7.07. The number of thiophene rings is 1. The number of aryl methyl sites for hydroxylation is 2. The SMILES string of the molecule is Cc1ccc(NC(=O)CCc2ccsc2)cc1-n1cnnn1. The minimum Gasteiger partial charge on any atom is -0.326 e. The number of benzene rings is 1. The quantitative estimate of drug-likeness (QED) is 0.786. The van der Waals surface area contributed by atoms with E-state index in [2.05, 4.69) is 26.2 Å². The van der Waals surface area contributed by atoms with Gasteiger partial charge in [-0.3, -0.25) is 4.79 Å². The van der Waals surface area contributed by atoms with Crippen molar-refractivity contribution in [2.75, 3.05) is 5.32 Å². The van der Waals surface area contributed by atoms with E-state index in [1.54, 1.807) is 16.0 Å². The highest BCUT2D eigenvalue weighted by atomic mass is 32.1. The number of carbonyl (C=O) groups is 1. The summed E-state index contributed by atoms with van der Waals surface area (Å²) < 4.78 is 1.58. The number of amides is 1. The Morgan fingerprint density at radius 2 is 2.27 bits per heavy atom. The lowest BCUT2D eigenvalue weighted by atomic mass is 10.1. The first-order valence-corrected chi connectivity index (χ1v) is 7.81. The minimum atomic E-state index is -0.00211. The Kier molecular flexibility index (Phi) is 4.24. The van der Waals surface area contributed by atoms with Gasteiger partial charge in [0.05, 0.1) is 5.69 Å². The van der Waals surface area contributed by atoms with Crippen molar-refractivity contribution < 1.29 is 4.79 Å². The van der Waals surface area contributed by atoms with Crippen LogP contribution in [0.5, 0.6) is 0 Å². The Balaban J connectivity index is 1.67. The molecule has 0 radical (unpaired) electrons. The lowest BCUT2D eigenvalue weighted by Gasteiger charge is -2.09. The van der Waals surface area contributed by atoms with Crippen LogP contribution in [0.3, 0.4) is 0 Å². The van der Waals surface area contributed by atoms with Crippen molar-refractivity contribution in [3.63, 3.8) is 0 Å². The number of aromatic nitrogens is 4. The first kappa shape index (κ1) is 14.4. The van der Waals surface area contributed by atoms with Crippen LogP contribution in [0.4, 0.5) is 5.69 Å². The third-order valence-electron chi connectivity index (χ3n) is 3.31. The highest BCUT2D eigenvalue weighted by Crippen LogP contribution is 2.18. The first-order chi connectivity index (χ1) is 10.7. The molecule has 1 amide bonds. The van der Waals surface area contributed by atoms with Crippen molar-refractivity contribution in [2.24, 2.45) is 0 Å². The zero-order valence-corrected chi connectivity index (χ0v) is 12.9. The van der Waals surface area contributed by atoms with Crippen LogP contribution in [-0.2, 0) is 11.2 Å². The Bertz CT molecular complexity index is 752. The average Bonchev–Trinajstić information content (AvgIpc) is 3.20. The summed E-state index contributed by atoms with van der Waals surface area (Å²) in [5, 5.41) is 18.2. The van der Waals surface area contributed by atoms with Gasteiger partial charge in [-0.15, -0.1) is 5.10 Å². The van der Waals surface area contributed by atoms with Gasteiger partial charge in [-0.05, 0) is 63.9 Å². The van der Waals surface area contributed by atoms with Crippen molar-refractivity contribution >= 4 is 22.9 Å². The number of hydrogen-bond donors (Lipinski definition) is 1. The molecule has 3 aromatic rings. The maximum atomic E-state index is 12.0. The van der Waals surface area contributed by atoms with Gasteiger partial charge in [0, 0.05) is 12.1 Å². The normalized spacial score (nSPS) is 10.6. The zero-order valence-electron chi connectivity index (χ0n) is 12.1. The smallest absolute Gasteiger partial charge is 0.224 e. The first-order valence-electron chi connectivity index (χ1n) is 6.87. The molecule has 2 heterocycles. The fraction of sp³-hybridized carbons (Fsp3) is 0.200. The summed E-state index contributed by atoms with van der Waals surface area (Å²) in [6.45, 7) is 1.97. The van der Waals surface area contributed by atoms with Gasteiger partial charge in [0.2, 0.25) is 5.91 Å². The largest absolute Gasteiger partial charge is 0.326 e. The van der Waals surface area contributed by atoms with Gasteiger partial charge in [-0.1, -0.05) is 6.07 Å². The van der Waals surface area contributed by atoms with Gasteiger partial charge in [-0.25, -0.2) is 4.68 Å². The van der Waals surface area contributed by atoms with Crippen LogP contribution in [0.1, 0.15) is 17.5 Å². The van der Waals surface area contributed by atoms with Crippen LogP contribution in [-0.4, -0.2) is 26.1 Å². The summed E-state index contributed by atoms with van der Waals surface area (Å²) >= 11 is 1.64. The van der Waals surface area contributed by atoms with Crippen LogP contribution in [0.15, 0.2) is 41.4 Å². The molecule has 0 saturated carbocycles. The third-order valence-corrected chi connectivity index (χ3v) is 4.04. The maximum Gasteiger partial charge on any atom is 0.224 e. The average molecular weight is 313 g/mol. The van der Waals surface area contributed by atoms with Gasteiger partial charge < -0.3 is 5.32 Å². The lowest BCUT2D eigenvalue weighted by molar-refractivity contribution is -0.116. The van der Waals surface area contributed by atoms with Gasteiger partial charge >= 0.3 is 0 Å². The second-order valence-electron chi connectivity index (χ2n) is 4.94. The molecule has 7 heteroatoms. The molecular formula is C15H15N5OS. The molecule has 1 aromatic carbocycles. The predicted octanol–water partition coefficient (Wildman–Crippen LogP) is 2.60. The zero-order chi connectivity index (χ0) is 15.4. The number of anilines is 1. The Morgan fingerprint density at radius 1 is 1.36 bits per heavy atom. The molecule has 2 aromatic heterocycles. The fourth-order valence-electron chi connectivity index (χ4n) is 2.12. The molecule has 0 bridgehead atoms. The molecule has 3 rings (SSSR count). The predicted molar refractivity (Wildman–Crippen MR) is 85.2 cm³/mol. The van der Waals surface area contributed by atoms with E-state index in [0.29, 0.717) is 6.42 Å². The molecule has 0 saturated heterocycles. The van der Waals surface area contributed by atoms with Crippen LogP contribution in [0.2, 0.25) is 0 Å². The van der Waals surface area contributed by atoms with Crippen LogP contribution < -0.4 is 5.32 Å². The van der Waals surface area contributed by atoms with Gasteiger partial charge in [0.1, 0.15) is 6.33 Å². The van der Waals surface area contributed by atoms with Gasteiger partial charge in [0.25, 0.3) is 0 Å². The van der Waals surface area contributed by atoms with E-state index in [0.717, 1.165) is 23.4 Å². The van der Waals surface area contributed by atoms with Crippen molar-refractivity contribution in [3.05, 3.63) is 52.5 Å². The summed E-state index contributed by atoms with van der Waals surface area (Å²) in [7, 11) is 0. The van der Waals surface area contributed by atoms with E-state index >= 15 is 0 Å². The number of tetrazole rings is 1. The lowest BCUT2D eigenvalue weighted by Crippen LogP contribution is -2.12. The summed E-state index contributed by atoms with van der Waals surface area (Å²) in [6, 6.07) is 7.73. The topological polar surface area (TPSA) is 72.7 Å². The molecule has 0 aliphatic rings. The van der Waals surface area contributed by atoms with Gasteiger partial charge in [-0.2, -0.15) is 11.3 Å². The monoisotopic (exact) mass is 313 g/mol. The standard InChI is InChI=1S/C15H15N5OS/c1-11-2-4-13(8-14(11)20-10-16-18-19-20)17-15(21)5-3-12-6-7-22-9-12/h2,4,6-10H,3,5H2,1H3,(H,17,21). The molecule has 0 unspecified atom stereocenters. The van der Waals surface area contributed by atoms with Crippen LogP contribution in [0.25, 0.3) is 5.69 Å². The van der Waals surface area contributed by atoms with Gasteiger partial charge in [0.15, 0.2) is 0 Å². The van der Waals surface area contributed by atoms with Crippen molar-refractivity contribution in [2.45, 2.75) is 19.8 Å². The minimum absolute atomic E-state index is 0.00211. The number of nitrogens with one attached hydrogen (secondary N) is 1. The van der Waals surface area contributed by atoms with Crippen molar-refractivity contribution in [3.8, 4) is 5.69 Å². The van der Waals surface area contributed by atoms with E-state index in [-0.39, 0.29) is 5.91 Å². The number of hydrogen-bond acceptors (Lipinski definition) is 5. The molecule has 1 N–H and O–H groups in total. The molecule has 0 spiro atoms. The number of carbonyl (C=O) groups excluding carboxylic acids is 1. The van der Waals surface area contributed by atoms with Crippen LogP contribution >= 0.6 is 11.3 Å². The van der Waals surface area contributed by atoms with E-state index < -0.39 is 0 Å².